The lowest BCUT2D eigenvalue weighted by Gasteiger charge is -2.29. The van der Waals surface area contributed by atoms with E-state index < -0.39 is 0 Å². The summed E-state index contributed by atoms with van der Waals surface area (Å²) in [7, 11) is 2.11. The van der Waals surface area contributed by atoms with Crippen LogP contribution in [-0.2, 0) is 6.54 Å². The van der Waals surface area contributed by atoms with Crippen LogP contribution in [0.5, 0.6) is 5.75 Å². The summed E-state index contributed by atoms with van der Waals surface area (Å²) in [5, 5.41) is 6.45. The molecule has 1 aromatic carbocycles. The molecule has 3 N–H and O–H groups in total. The van der Waals surface area contributed by atoms with Crippen molar-refractivity contribution in [2.24, 2.45) is 0 Å². The minimum Gasteiger partial charge on any atom is -0.490 e. The highest BCUT2D eigenvalue weighted by atomic mass is 32.2. The number of nitrogens with one attached hydrogen (secondary N) is 1. The average Bonchev–Trinajstić information content (AvgIpc) is 3.46. The molecule has 4 heterocycles. The van der Waals surface area contributed by atoms with Crippen molar-refractivity contribution < 1.29 is 4.74 Å². The number of ether oxygens (including phenoxy) is 1. The van der Waals surface area contributed by atoms with Gasteiger partial charge in [0.05, 0.1) is 12.2 Å². The van der Waals surface area contributed by atoms with Crippen molar-refractivity contribution in [3.63, 3.8) is 0 Å². The molecule has 10 heteroatoms. The number of aryl methyl sites for hydroxylation is 1. The highest BCUT2D eigenvalue weighted by molar-refractivity contribution is 7.99. The molecule has 5 rings (SSSR count). The first kappa shape index (κ1) is 22.9. The minimum absolute atomic E-state index is 0.403. The number of benzene rings is 1. The molecule has 0 bridgehead atoms. The third-order valence-corrected chi connectivity index (χ3v) is 7.74. The lowest BCUT2D eigenvalue weighted by Crippen LogP contribution is -2.28. The quantitative estimate of drug-likeness (QED) is 0.345. The summed E-state index contributed by atoms with van der Waals surface area (Å²) in [6, 6.07) is 9.07. The average molecular weight is 496 g/mol. The number of nitrogens with zero attached hydrogens (tertiary/aromatic N) is 5. The zero-order valence-electron chi connectivity index (χ0n) is 19.6. The second kappa shape index (κ2) is 9.81. The van der Waals surface area contributed by atoms with Crippen molar-refractivity contribution in [2.75, 3.05) is 37.4 Å². The summed E-state index contributed by atoms with van der Waals surface area (Å²) >= 11 is 3.36. The van der Waals surface area contributed by atoms with Gasteiger partial charge in [0.2, 0.25) is 0 Å². The van der Waals surface area contributed by atoms with Crippen molar-refractivity contribution in [2.45, 2.75) is 42.9 Å². The van der Waals surface area contributed by atoms with E-state index in [1.165, 1.54) is 16.8 Å². The number of nitrogens with two attached hydrogens (primary N) is 1. The molecule has 0 radical (unpaired) electrons. The Balaban J connectivity index is 1.56. The van der Waals surface area contributed by atoms with Gasteiger partial charge in [0.25, 0.3) is 0 Å². The molecule has 34 heavy (non-hydrogen) atoms. The van der Waals surface area contributed by atoms with Crippen LogP contribution in [0, 0.1) is 0 Å². The maximum Gasteiger partial charge on any atom is 0.175 e. The Morgan fingerprint density at radius 1 is 1.29 bits per heavy atom. The molecule has 0 spiro atoms. The van der Waals surface area contributed by atoms with E-state index in [1.54, 1.807) is 23.1 Å². The van der Waals surface area contributed by atoms with E-state index in [2.05, 4.69) is 75.3 Å². The van der Waals surface area contributed by atoms with E-state index in [4.69, 9.17) is 15.5 Å². The highest BCUT2D eigenvalue weighted by Crippen LogP contribution is 2.45. The molecule has 0 atom stereocenters. The fraction of sp³-hybridized carbons (Fsp3) is 0.375. The normalized spacial score (nSPS) is 13.5. The molecule has 1 aliphatic heterocycles. The van der Waals surface area contributed by atoms with Gasteiger partial charge in [-0.15, -0.1) is 11.3 Å². The van der Waals surface area contributed by atoms with Crippen LogP contribution in [-0.4, -0.2) is 52.3 Å². The first-order valence-electron chi connectivity index (χ1n) is 11.4. The number of thiophene rings is 1. The maximum atomic E-state index is 6.17. The third kappa shape index (κ3) is 4.57. The van der Waals surface area contributed by atoms with E-state index in [0.717, 1.165) is 53.2 Å². The molecular weight excluding hydrogens is 466 g/mol. The van der Waals surface area contributed by atoms with Crippen LogP contribution in [0.25, 0.3) is 21.6 Å². The van der Waals surface area contributed by atoms with Crippen molar-refractivity contribution >= 4 is 45.8 Å². The number of likely N-dealkylation sites (N-methyl/N-ethyl adjacent to an activating group) is 1. The number of rotatable bonds is 8. The van der Waals surface area contributed by atoms with E-state index in [0.29, 0.717) is 24.0 Å². The predicted molar refractivity (Wildman–Crippen MR) is 140 cm³/mol. The first-order valence-corrected chi connectivity index (χ1v) is 13.1. The molecule has 0 aliphatic carbocycles. The molecule has 0 saturated heterocycles. The molecular formula is C24H29N7OS2. The van der Waals surface area contributed by atoms with Gasteiger partial charge in [0.1, 0.15) is 18.7 Å². The Bertz CT molecular complexity index is 1290. The lowest BCUT2D eigenvalue weighted by atomic mass is 10.1. The Hall–Kier alpha value is -2.82. The van der Waals surface area contributed by atoms with Gasteiger partial charge in [-0.25, -0.2) is 15.0 Å². The number of imidazole rings is 1. The number of anilines is 2. The van der Waals surface area contributed by atoms with Crippen LogP contribution < -0.4 is 20.7 Å². The summed E-state index contributed by atoms with van der Waals surface area (Å²) in [5.74, 6) is 1.31. The van der Waals surface area contributed by atoms with Gasteiger partial charge in [-0.2, -0.15) is 0 Å². The van der Waals surface area contributed by atoms with Crippen LogP contribution in [0.1, 0.15) is 20.3 Å². The molecule has 0 fully saturated rings. The maximum absolute atomic E-state index is 6.17. The minimum atomic E-state index is 0.403. The van der Waals surface area contributed by atoms with E-state index in [1.807, 2.05) is 0 Å². The Morgan fingerprint density at radius 2 is 2.18 bits per heavy atom. The largest absolute Gasteiger partial charge is 0.490 e. The Morgan fingerprint density at radius 3 is 2.97 bits per heavy atom. The first-order chi connectivity index (χ1) is 16.5. The molecule has 3 aromatic heterocycles. The van der Waals surface area contributed by atoms with Crippen molar-refractivity contribution in [3.8, 4) is 16.2 Å². The summed E-state index contributed by atoms with van der Waals surface area (Å²) in [5.41, 5.74) is 9.87. The monoisotopic (exact) mass is 495 g/mol. The van der Waals surface area contributed by atoms with Crippen LogP contribution in [0.15, 0.2) is 46.0 Å². The standard InChI is InChI=1S/C24H29N7OS2/c1-15(2)26-7-5-8-31-23-21(22(25)27-14-28-23)29-24(31)34-20-13-18-17(30(3)9-10-32-18)12-16(20)19-6-4-11-33-19/h4,6,11-15,26H,5,7-10H2,1-3H3,(H2,25,27,28). The second-order valence-corrected chi connectivity index (χ2v) is 10.6. The molecule has 8 nitrogen and oxygen atoms in total. The number of hydrogen-bond donors (Lipinski definition) is 2. The molecule has 0 unspecified atom stereocenters. The number of fused-ring (bicyclic) bond motifs is 2. The lowest BCUT2D eigenvalue weighted by molar-refractivity contribution is 0.310. The van der Waals surface area contributed by atoms with Crippen LogP contribution >= 0.6 is 23.1 Å². The van der Waals surface area contributed by atoms with Crippen LogP contribution in [0.3, 0.4) is 0 Å². The topological polar surface area (TPSA) is 94.1 Å². The third-order valence-electron chi connectivity index (χ3n) is 5.78. The molecule has 1 aliphatic rings. The number of aromatic nitrogens is 4. The highest BCUT2D eigenvalue weighted by Gasteiger charge is 2.22. The summed E-state index contributed by atoms with van der Waals surface area (Å²) in [6.45, 7) is 7.57. The van der Waals surface area contributed by atoms with Gasteiger partial charge in [-0.1, -0.05) is 31.7 Å². The SMILES string of the molecule is CC(C)NCCCn1c(Sc2cc3c(cc2-c2cccs2)N(C)CCO3)nc2c(N)ncnc21. The molecule has 0 saturated carbocycles. The van der Waals surface area contributed by atoms with Gasteiger partial charge in [-0.3, -0.25) is 0 Å². The predicted octanol–water partition coefficient (Wildman–Crippen LogP) is 4.50. The van der Waals surface area contributed by atoms with Crippen LogP contribution in [0.4, 0.5) is 11.5 Å². The smallest absolute Gasteiger partial charge is 0.175 e. The summed E-state index contributed by atoms with van der Waals surface area (Å²) in [4.78, 5) is 18.1. The van der Waals surface area contributed by atoms with E-state index in [-0.39, 0.29) is 0 Å². The van der Waals surface area contributed by atoms with Gasteiger partial charge < -0.3 is 25.3 Å². The van der Waals surface area contributed by atoms with Gasteiger partial charge >= 0.3 is 0 Å². The fourth-order valence-electron chi connectivity index (χ4n) is 4.03. The molecule has 4 aromatic rings. The summed E-state index contributed by atoms with van der Waals surface area (Å²) < 4.78 is 8.18. The number of hydrogen-bond acceptors (Lipinski definition) is 9. The molecule has 178 valence electrons. The second-order valence-electron chi connectivity index (χ2n) is 8.60. The van der Waals surface area contributed by atoms with Crippen molar-refractivity contribution in [1.29, 1.82) is 0 Å². The van der Waals surface area contributed by atoms with Crippen LogP contribution in [0.2, 0.25) is 0 Å². The zero-order valence-corrected chi connectivity index (χ0v) is 21.2. The Labute approximate surface area is 207 Å². The molecule has 0 amide bonds. The number of nitrogen functional groups attached to an aromatic ring is 1. The van der Waals surface area contributed by atoms with E-state index in [9.17, 15) is 0 Å². The van der Waals surface area contributed by atoms with Crippen molar-refractivity contribution in [1.82, 2.24) is 24.8 Å². The van der Waals surface area contributed by atoms with Crippen molar-refractivity contribution in [3.05, 3.63) is 36.0 Å². The zero-order chi connectivity index (χ0) is 23.7. The fourth-order valence-corrected chi connectivity index (χ4v) is 5.91. The van der Waals surface area contributed by atoms with E-state index >= 15 is 0 Å². The summed E-state index contributed by atoms with van der Waals surface area (Å²) in [6.07, 6.45) is 2.47. The van der Waals surface area contributed by atoms with Gasteiger partial charge in [0, 0.05) is 35.0 Å². The Kier molecular flexibility index (Phi) is 6.62. The van der Waals surface area contributed by atoms with Gasteiger partial charge in [-0.05, 0) is 36.5 Å². The van der Waals surface area contributed by atoms with Gasteiger partial charge in [0.15, 0.2) is 22.1 Å².